The Balaban J connectivity index is 0.000000956. The summed E-state index contributed by atoms with van der Waals surface area (Å²) in [5, 5.41) is 2.92. The highest BCUT2D eigenvalue weighted by Crippen LogP contribution is 1.99. The molecule has 0 aliphatic heterocycles. The SMILES string of the molecule is CC.O=C(Cc1ccccc1)NCCCn1ccnc1. The normalized spacial score (nSPS) is 9.50. The molecule has 20 heavy (non-hydrogen) atoms. The fraction of sp³-hybridized carbons (Fsp3) is 0.375. The standard InChI is InChI=1S/C14H17N3O.C2H6/c18-14(11-13-5-2-1-3-6-13)16-7-4-9-17-10-8-15-12-17;1-2/h1-3,5-6,8,10,12H,4,7,9,11H2,(H,16,18);1-2H3. The van der Waals surface area contributed by atoms with Crippen molar-refractivity contribution in [2.75, 3.05) is 6.54 Å². The zero-order valence-electron chi connectivity index (χ0n) is 12.2. The second-order valence-corrected chi connectivity index (χ2v) is 4.17. The number of aromatic nitrogens is 2. The highest BCUT2D eigenvalue weighted by molar-refractivity contribution is 5.78. The maximum absolute atomic E-state index is 11.6. The van der Waals surface area contributed by atoms with Crippen molar-refractivity contribution in [1.29, 1.82) is 0 Å². The predicted octanol–water partition coefficient (Wildman–Crippen LogP) is 2.66. The predicted molar refractivity (Wildman–Crippen MR) is 81.3 cm³/mol. The van der Waals surface area contributed by atoms with Crippen LogP contribution in [0.3, 0.4) is 0 Å². The number of carbonyl (C=O) groups excluding carboxylic acids is 1. The molecule has 0 fully saturated rings. The number of nitrogens with one attached hydrogen (secondary N) is 1. The third-order valence-corrected chi connectivity index (χ3v) is 2.68. The van der Waals surface area contributed by atoms with E-state index >= 15 is 0 Å². The molecule has 4 heteroatoms. The number of hydrogen-bond donors (Lipinski definition) is 1. The first-order valence-corrected chi connectivity index (χ1v) is 7.11. The first-order chi connectivity index (χ1) is 9.84. The fourth-order valence-corrected chi connectivity index (χ4v) is 1.75. The number of imidazole rings is 1. The van der Waals surface area contributed by atoms with Crippen LogP contribution in [0.1, 0.15) is 25.8 Å². The molecule has 0 spiro atoms. The monoisotopic (exact) mass is 273 g/mol. The Morgan fingerprint density at radius 3 is 2.65 bits per heavy atom. The van der Waals surface area contributed by atoms with Crippen LogP contribution in [-0.2, 0) is 17.8 Å². The van der Waals surface area contributed by atoms with Gasteiger partial charge in [0.15, 0.2) is 0 Å². The summed E-state index contributed by atoms with van der Waals surface area (Å²) in [6, 6.07) is 9.77. The average Bonchev–Trinajstić information content (AvgIpc) is 3.00. The molecule has 0 aliphatic carbocycles. The number of amides is 1. The van der Waals surface area contributed by atoms with Crippen molar-refractivity contribution in [2.45, 2.75) is 33.2 Å². The minimum Gasteiger partial charge on any atom is -0.356 e. The smallest absolute Gasteiger partial charge is 0.224 e. The van der Waals surface area contributed by atoms with Gasteiger partial charge in [-0.05, 0) is 12.0 Å². The molecular weight excluding hydrogens is 250 g/mol. The van der Waals surface area contributed by atoms with Crippen LogP contribution in [-0.4, -0.2) is 22.0 Å². The molecule has 0 atom stereocenters. The molecule has 108 valence electrons. The fourth-order valence-electron chi connectivity index (χ4n) is 1.75. The molecule has 1 N–H and O–H groups in total. The van der Waals surface area contributed by atoms with Gasteiger partial charge in [0.05, 0.1) is 12.7 Å². The van der Waals surface area contributed by atoms with Gasteiger partial charge in [0.1, 0.15) is 0 Å². The zero-order chi connectivity index (χ0) is 14.6. The minimum absolute atomic E-state index is 0.0758. The van der Waals surface area contributed by atoms with Gasteiger partial charge < -0.3 is 9.88 Å². The van der Waals surface area contributed by atoms with Gasteiger partial charge in [-0.1, -0.05) is 44.2 Å². The average molecular weight is 273 g/mol. The first kappa shape index (κ1) is 16.0. The second-order valence-electron chi connectivity index (χ2n) is 4.17. The van der Waals surface area contributed by atoms with E-state index in [9.17, 15) is 4.79 Å². The Morgan fingerprint density at radius 2 is 2.00 bits per heavy atom. The Labute approximate surface area is 120 Å². The van der Waals surface area contributed by atoms with Crippen molar-refractivity contribution in [3.8, 4) is 0 Å². The van der Waals surface area contributed by atoms with Crippen LogP contribution < -0.4 is 5.32 Å². The molecule has 0 saturated heterocycles. The third-order valence-electron chi connectivity index (χ3n) is 2.68. The maximum atomic E-state index is 11.6. The summed E-state index contributed by atoms with van der Waals surface area (Å²) in [6.07, 6.45) is 6.83. The summed E-state index contributed by atoms with van der Waals surface area (Å²) in [5.41, 5.74) is 1.05. The van der Waals surface area contributed by atoms with Crippen molar-refractivity contribution in [3.05, 3.63) is 54.6 Å². The van der Waals surface area contributed by atoms with E-state index in [4.69, 9.17) is 0 Å². The van der Waals surface area contributed by atoms with Gasteiger partial charge in [0.25, 0.3) is 0 Å². The Kier molecular flexibility index (Phi) is 7.80. The topological polar surface area (TPSA) is 46.9 Å². The molecule has 4 nitrogen and oxygen atoms in total. The lowest BCUT2D eigenvalue weighted by Gasteiger charge is -2.05. The van der Waals surface area contributed by atoms with E-state index in [1.807, 2.05) is 54.9 Å². The zero-order valence-corrected chi connectivity index (χ0v) is 12.2. The number of aryl methyl sites for hydroxylation is 1. The number of carbonyl (C=O) groups is 1. The summed E-state index contributed by atoms with van der Waals surface area (Å²) in [4.78, 5) is 15.6. The summed E-state index contributed by atoms with van der Waals surface area (Å²) in [5.74, 6) is 0.0758. The third kappa shape index (κ3) is 6.18. The largest absolute Gasteiger partial charge is 0.356 e. The van der Waals surface area contributed by atoms with Crippen molar-refractivity contribution in [3.63, 3.8) is 0 Å². The molecule has 2 rings (SSSR count). The van der Waals surface area contributed by atoms with E-state index < -0.39 is 0 Å². The lowest BCUT2D eigenvalue weighted by Crippen LogP contribution is -2.26. The molecule has 1 heterocycles. The van der Waals surface area contributed by atoms with E-state index in [2.05, 4.69) is 10.3 Å². The minimum atomic E-state index is 0.0758. The van der Waals surface area contributed by atoms with Gasteiger partial charge in [0.2, 0.25) is 5.91 Å². The van der Waals surface area contributed by atoms with E-state index in [1.54, 1.807) is 12.5 Å². The van der Waals surface area contributed by atoms with E-state index in [1.165, 1.54) is 0 Å². The van der Waals surface area contributed by atoms with Crippen LogP contribution in [0.4, 0.5) is 0 Å². The molecule has 2 aromatic rings. The molecule has 0 unspecified atom stereocenters. The van der Waals surface area contributed by atoms with E-state index in [0.717, 1.165) is 18.5 Å². The highest BCUT2D eigenvalue weighted by Gasteiger charge is 2.01. The second kappa shape index (κ2) is 9.78. The summed E-state index contributed by atoms with van der Waals surface area (Å²) >= 11 is 0. The molecule has 1 amide bonds. The molecule has 0 radical (unpaired) electrons. The van der Waals surface area contributed by atoms with E-state index in [-0.39, 0.29) is 5.91 Å². The summed E-state index contributed by atoms with van der Waals surface area (Å²) in [6.45, 7) is 5.58. The Bertz CT molecular complexity index is 466. The van der Waals surface area contributed by atoms with Crippen molar-refractivity contribution >= 4 is 5.91 Å². The van der Waals surface area contributed by atoms with Crippen LogP contribution in [0.2, 0.25) is 0 Å². The van der Waals surface area contributed by atoms with Gasteiger partial charge in [-0.15, -0.1) is 0 Å². The van der Waals surface area contributed by atoms with Gasteiger partial charge in [0, 0.05) is 25.5 Å². The Hall–Kier alpha value is -2.10. The summed E-state index contributed by atoms with van der Waals surface area (Å²) in [7, 11) is 0. The molecule has 0 bridgehead atoms. The van der Waals surface area contributed by atoms with Gasteiger partial charge in [-0.2, -0.15) is 0 Å². The van der Waals surface area contributed by atoms with Crippen molar-refractivity contribution in [2.24, 2.45) is 0 Å². The lowest BCUT2D eigenvalue weighted by atomic mass is 10.1. The van der Waals surface area contributed by atoms with Crippen molar-refractivity contribution < 1.29 is 4.79 Å². The van der Waals surface area contributed by atoms with Gasteiger partial charge in [-0.25, -0.2) is 4.98 Å². The van der Waals surface area contributed by atoms with Crippen LogP contribution in [0.25, 0.3) is 0 Å². The molecule has 0 aliphatic rings. The highest BCUT2D eigenvalue weighted by atomic mass is 16.1. The Morgan fingerprint density at radius 1 is 1.25 bits per heavy atom. The number of nitrogens with zero attached hydrogens (tertiary/aromatic N) is 2. The summed E-state index contributed by atoms with van der Waals surface area (Å²) < 4.78 is 2.00. The maximum Gasteiger partial charge on any atom is 0.224 e. The molecular formula is C16H23N3O. The number of hydrogen-bond acceptors (Lipinski definition) is 2. The van der Waals surface area contributed by atoms with Crippen LogP contribution >= 0.6 is 0 Å². The molecule has 0 saturated carbocycles. The lowest BCUT2D eigenvalue weighted by molar-refractivity contribution is -0.120. The molecule has 1 aromatic heterocycles. The van der Waals surface area contributed by atoms with Gasteiger partial charge in [-0.3, -0.25) is 4.79 Å². The van der Waals surface area contributed by atoms with Crippen LogP contribution in [0, 0.1) is 0 Å². The van der Waals surface area contributed by atoms with Crippen molar-refractivity contribution in [1.82, 2.24) is 14.9 Å². The van der Waals surface area contributed by atoms with E-state index in [0.29, 0.717) is 13.0 Å². The molecule has 1 aromatic carbocycles. The quantitative estimate of drug-likeness (QED) is 0.822. The number of benzene rings is 1. The van der Waals surface area contributed by atoms with Crippen LogP contribution in [0.15, 0.2) is 49.1 Å². The van der Waals surface area contributed by atoms with Crippen LogP contribution in [0.5, 0.6) is 0 Å². The number of rotatable bonds is 6. The first-order valence-electron chi connectivity index (χ1n) is 7.11. The van der Waals surface area contributed by atoms with Gasteiger partial charge >= 0.3 is 0 Å².